The maximum Gasteiger partial charge on any atom is 0.109 e. The van der Waals surface area contributed by atoms with E-state index in [9.17, 15) is 9.13 Å². The number of rotatable bonds is 3. The number of hydrogen-bond acceptors (Lipinski definition) is 2. The maximum atomic E-state index is 12.4. The Morgan fingerprint density at radius 1 is 0.938 bits per heavy atom. The van der Waals surface area contributed by atoms with Crippen molar-refractivity contribution in [2.75, 3.05) is 24.6 Å². The molecule has 2 atom stereocenters. The molecule has 2 rings (SSSR count). The first kappa shape index (κ1) is 12.4. The third kappa shape index (κ3) is 2.79. The average molecular weight is 258 g/mol. The van der Waals surface area contributed by atoms with Gasteiger partial charge in [-0.25, -0.2) is 0 Å². The van der Waals surface area contributed by atoms with Crippen molar-refractivity contribution in [3.8, 4) is 0 Å². The van der Waals surface area contributed by atoms with Crippen LogP contribution >= 0.6 is 14.3 Å². The largest absolute Gasteiger partial charge is 0.319 e. The van der Waals surface area contributed by atoms with Gasteiger partial charge in [-0.15, -0.1) is 0 Å². The van der Waals surface area contributed by atoms with Gasteiger partial charge in [-0.2, -0.15) is 0 Å². The molecule has 2 aliphatic rings. The van der Waals surface area contributed by atoms with Gasteiger partial charge >= 0.3 is 0 Å². The van der Waals surface area contributed by atoms with Crippen molar-refractivity contribution in [1.29, 1.82) is 0 Å². The molecule has 0 radical (unpaired) electrons. The first-order valence-corrected chi connectivity index (χ1v) is 10.2. The van der Waals surface area contributed by atoms with Crippen LogP contribution in [-0.4, -0.2) is 24.6 Å². The van der Waals surface area contributed by atoms with Gasteiger partial charge in [0.25, 0.3) is 0 Å². The summed E-state index contributed by atoms with van der Waals surface area (Å²) in [5.41, 5.74) is 2.50. The van der Waals surface area contributed by atoms with E-state index in [2.05, 4.69) is 0 Å². The van der Waals surface area contributed by atoms with E-state index in [1.165, 1.54) is 11.1 Å². The Kier molecular flexibility index (Phi) is 3.34. The fourth-order valence-corrected chi connectivity index (χ4v) is 9.48. The van der Waals surface area contributed by atoms with Crippen molar-refractivity contribution in [2.45, 2.75) is 26.7 Å². The zero-order valence-electron chi connectivity index (χ0n) is 10.1. The first-order chi connectivity index (χ1) is 7.41. The minimum atomic E-state index is -2.10. The molecule has 2 heterocycles. The van der Waals surface area contributed by atoms with Gasteiger partial charge in [-0.3, -0.25) is 0 Å². The molecule has 0 spiro atoms. The highest BCUT2D eigenvalue weighted by atomic mass is 31.2. The third-order valence-electron chi connectivity index (χ3n) is 3.54. The van der Waals surface area contributed by atoms with Crippen LogP contribution in [0.15, 0.2) is 22.8 Å². The Morgan fingerprint density at radius 2 is 1.31 bits per heavy atom. The van der Waals surface area contributed by atoms with Gasteiger partial charge in [0.15, 0.2) is 0 Å². The first-order valence-electron chi connectivity index (χ1n) is 5.93. The Morgan fingerprint density at radius 3 is 1.56 bits per heavy atom. The highest BCUT2D eigenvalue weighted by Gasteiger charge is 2.30. The number of allylic oxidation sites excluding steroid dienone is 2. The molecule has 2 aliphatic heterocycles. The molecule has 0 fully saturated rings. The number of hydrogen-bond donors (Lipinski definition) is 0. The predicted octanol–water partition coefficient (Wildman–Crippen LogP) is 4.33. The Bertz CT molecular complexity index is 404. The molecule has 16 heavy (non-hydrogen) atoms. The Labute approximate surface area is 97.9 Å². The SMILES string of the molecule is CC1=CP(=O)(CCP2(=O)C=C(C)CC2)CC1. The Balaban J connectivity index is 1.99. The lowest BCUT2D eigenvalue weighted by molar-refractivity contribution is 0.576. The molecule has 2 unspecified atom stereocenters. The topological polar surface area (TPSA) is 34.1 Å². The second kappa shape index (κ2) is 4.31. The molecule has 0 N–H and O–H groups in total. The molecule has 0 aromatic heterocycles. The standard InChI is InChI=1S/C12H20O2P2/c1-11-3-5-15(13,9-11)7-8-16(14)6-4-12(2)10-16/h9-10H,3-8H2,1-2H3. The molecule has 0 aromatic rings. The van der Waals surface area contributed by atoms with Gasteiger partial charge in [0, 0.05) is 24.6 Å². The lowest BCUT2D eigenvalue weighted by Gasteiger charge is -2.13. The van der Waals surface area contributed by atoms with Gasteiger partial charge in [0.05, 0.1) is 0 Å². The van der Waals surface area contributed by atoms with Crippen LogP contribution in [0.1, 0.15) is 26.7 Å². The minimum Gasteiger partial charge on any atom is -0.319 e. The summed E-state index contributed by atoms with van der Waals surface area (Å²) in [5, 5.41) is 0. The molecule has 0 saturated carbocycles. The summed E-state index contributed by atoms with van der Waals surface area (Å²) >= 11 is 0. The highest BCUT2D eigenvalue weighted by Crippen LogP contribution is 2.60. The van der Waals surface area contributed by atoms with E-state index in [1.807, 2.05) is 25.5 Å². The molecule has 0 amide bonds. The lowest BCUT2D eigenvalue weighted by Crippen LogP contribution is -1.97. The van der Waals surface area contributed by atoms with Crippen LogP contribution in [0.25, 0.3) is 0 Å². The van der Waals surface area contributed by atoms with Crippen LogP contribution in [0.4, 0.5) is 0 Å². The summed E-state index contributed by atoms with van der Waals surface area (Å²) in [4.78, 5) is 0. The monoisotopic (exact) mass is 258 g/mol. The fraction of sp³-hybridized carbons (Fsp3) is 0.667. The van der Waals surface area contributed by atoms with E-state index in [0.717, 1.165) is 25.2 Å². The molecule has 0 aliphatic carbocycles. The molecule has 2 nitrogen and oxygen atoms in total. The zero-order valence-corrected chi connectivity index (χ0v) is 11.9. The molecule has 4 heteroatoms. The van der Waals surface area contributed by atoms with Gasteiger partial charge < -0.3 is 9.13 Å². The van der Waals surface area contributed by atoms with Crippen molar-refractivity contribution in [3.05, 3.63) is 22.8 Å². The minimum absolute atomic E-state index is 0.658. The second-order valence-electron chi connectivity index (χ2n) is 5.25. The second-order valence-corrected chi connectivity index (χ2v) is 11.4. The van der Waals surface area contributed by atoms with Crippen LogP contribution in [0.5, 0.6) is 0 Å². The summed E-state index contributed by atoms with van der Waals surface area (Å²) in [6, 6.07) is 0. The quantitative estimate of drug-likeness (QED) is 0.706. The maximum absolute atomic E-state index is 12.4. The summed E-state index contributed by atoms with van der Waals surface area (Å²) in [7, 11) is -4.21. The van der Waals surface area contributed by atoms with Gasteiger partial charge in [0.2, 0.25) is 0 Å². The van der Waals surface area contributed by atoms with Crippen LogP contribution in [0, 0.1) is 0 Å². The van der Waals surface area contributed by atoms with E-state index in [0.29, 0.717) is 12.3 Å². The summed E-state index contributed by atoms with van der Waals surface area (Å²) in [6.45, 7) is 4.09. The predicted molar refractivity (Wildman–Crippen MR) is 71.4 cm³/mol. The molecule has 90 valence electrons. The van der Waals surface area contributed by atoms with E-state index >= 15 is 0 Å². The van der Waals surface area contributed by atoms with E-state index in [4.69, 9.17) is 0 Å². The van der Waals surface area contributed by atoms with Crippen LogP contribution in [0.2, 0.25) is 0 Å². The van der Waals surface area contributed by atoms with E-state index < -0.39 is 14.3 Å². The fourth-order valence-electron chi connectivity index (χ4n) is 2.48. The smallest absolute Gasteiger partial charge is 0.109 e. The zero-order chi connectivity index (χ0) is 11.8. The summed E-state index contributed by atoms with van der Waals surface area (Å²) in [6.07, 6.45) is 4.87. The van der Waals surface area contributed by atoms with Crippen molar-refractivity contribution in [1.82, 2.24) is 0 Å². The lowest BCUT2D eigenvalue weighted by atomic mass is 10.3. The third-order valence-corrected chi connectivity index (χ3v) is 9.64. The van der Waals surface area contributed by atoms with Gasteiger partial charge in [-0.05, 0) is 38.3 Å². The van der Waals surface area contributed by atoms with Crippen LogP contribution in [0.3, 0.4) is 0 Å². The Hall–Kier alpha value is -0.0600. The van der Waals surface area contributed by atoms with Crippen molar-refractivity contribution >= 4 is 14.3 Å². The van der Waals surface area contributed by atoms with Crippen molar-refractivity contribution in [3.63, 3.8) is 0 Å². The van der Waals surface area contributed by atoms with E-state index in [1.54, 1.807) is 0 Å². The van der Waals surface area contributed by atoms with E-state index in [-0.39, 0.29) is 0 Å². The molecule has 0 bridgehead atoms. The van der Waals surface area contributed by atoms with Gasteiger partial charge in [-0.1, -0.05) is 11.1 Å². The highest BCUT2D eigenvalue weighted by molar-refractivity contribution is 7.71. The van der Waals surface area contributed by atoms with Crippen molar-refractivity contribution < 1.29 is 9.13 Å². The summed E-state index contributed by atoms with van der Waals surface area (Å²) < 4.78 is 24.8. The molecule has 0 aromatic carbocycles. The van der Waals surface area contributed by atoms with Crippen LogP contribution < -0.4 is 0 Å². The van der Waals surface area contributed by atoms with Gasteiger partial charge in [0.1, 0.15) is 14.3 Å². The summed E-state index contributed by atoms with van der Waals surface area (Å²) in [5.74, 6) is 3.93. The van der Waals surface area contributed by atoms with Crippen molar-refractivity contribution in [2.24, 2.45) is 0 Å². The molecule has 0 saturated heterocycles. The molecular weight excluding hydrogens is 238 g/mol. The van der Waals surface area contributed by atoms with Crippen LogP contribution in [-0.2, 0) is 9.13 Å². The molecular formula is C12H20O2P2. The normalized spacial score (nSPS) is 38.6. The average Bonchev–Trinajstić information content (AvgIpc) is 2.70.